The van der Waals surface area contributed by atoms with Gasteiger partial charge in [0, 0.05) is 9.79 Å². The number of aryl methyl sites for hydroxylation is 1. The van der Waals surface area contributed by atoms with Gasteiger partial charge in [0.1, 0.15) is 11.6 Å². The summed E-state index contributed by atoms with van der Waals surface area (Å²) < 4.78 is 27.6. The van der Waals surface area contributed by atoms with Crippen molar-refractivity contribution in [1.29, 1.82) is 0 Å². The van der Waals surface area contributed by atoms with Gasteiger partial charge in [0.15, 0.2) is 0 Å². The summed E-state index contributed by atoms with van der Waals surface area (Å²) in [5, 5.41) is 0. The van der Waals surface area contributed by atoms with Crippen LogP contribution >= 0.6 is 11.8 Å². The molecule has 2 aromatic rings. The maximum atomic E-state index is 14.4. The van der Waals surface area contributed by atoms with Crippen molar-refractivity contribution >= 4 is 11.8 Å². The molecular weight excluding hydrogens is 288 g/mol. The lowest BCUT2D eigenvalue weighted by Gasteiger charge is -2.25. The quantitative estimate of drug-likeness (QED) is 0.904. The van der Waals surface area contributed by atoms with E-state index in [2.05, 4.69) is 0 Å². The molecule has 0 saturated heterocycles. The standard InChI is InChI=1S/C17H17F2NS/c18-13-5-2-6-14(8-13)21-15-7-11-3-1-4-12(10-20)17(11)16(19)9-15/h2,5-9,12H,1,3-4,10,20H2. The molecule has 1 aliphatic rings. The average Bonchev–Trinajstić information content (AvgIpc) is 2.46. The fourth-order valence-electron chi connectivity index (χ4n) is 2.96. The molecule has 0 heterocycles. The number of hydrogen-bond acceptors (Lipinski definition) is 2. The second kappa shape index (κ2) is 6.16. The van der Waals surface area contributed by atoms with Crippen molar-refractivity contribution in [2.75, 3.05) is 6.54 Å². The minimum Gasteiger partial charge on any atom is -0.330 e. The molecule has 110 valence electrons. The van der Waals surface area contributed by atoms with Crippen LogP contribution in [0.4, 0.5) is 8.78 Å². The summed E-state index contributed by atoms with van der Waals surface area (Å²) in [4.78, 5) is 1.59. The molecule has 0 radical (unpaired) electrons. The largest absolute Gasteiger partial charge is 0.330 e. The van der Waals surface area contributed by atoms with Crippen LogP contribution in [0.5, 0.6) is 0 Å². The van der Waals surface area contributed by atoms with Crippen LogP contribution in [0.25, 0.3) is 0 Å². The second-order valence-corrected chi connectivity index (χ2v) is 6.51. The third-order valence-corrected chi connectivity index (χ3v) is 4.87. The molecule has 0 saturated carbocycles. The van der Waals surface area contributed by atoms with Crippen molar-refractivity contribution in [3.05, 3.63) is 59.2 Å². The summed E-state index contributed by atoms with van der Waals surface area (Å²) in [7, 11) is 0. The molecular formula is C17H17F2NS. The first-order chi connectivity index (χ1) is 10.2. The SMILES string of the molecule is NCC1CCCc2cc(Sc3cccc(F)c3)cc(F)c21. The van der Waals surface area contributed by atoms with Gasteiger partial charge in [-0.15, -0.1) is 0 Å². The van der Waals surface area contributed by atoms with E-state index in [0.29, 0.717) is 6.54 Å². The zero-order valence-corrected chi connectivity index (χ0v) is 12.4. The number of halogens is 2. The van der Waals surface area contributed by atoms with Crippen molar-refractivity contribution in [3.8, 4) is 0 Å². The Morgan fingerprint density at radius 1 is 1.14 bits per heavy atom. The Bertz CT molecular complexity index is 657. The predicted octanol–water partition coefficient (Wildman–Crippen LogP) is 4.49. The second-order valence-electron chi connectivity index (χ2n) is 5.36. The number of hydrogen-bond donors (Lipinski definition) is 1. The lowest BCUT2D eigenvalue weighted by Crippen LogP contribution is -2.19. The van der Waals surface area contributed by atoms with Gasteiger partial charge < -0.3 is 5.73 Å². The first kappa shape index (κ1) is 14.5. The highest BCUT2D eigenvalue weighted by atomic mass is 32.2. The van der Waals surface area contributed by atoms with Gasteiger partial charge in [-0.05, 0) is 73.2 Å². The molecule has 3 rings (SSSR count). The first-order valence-electron chi connectivity index (χ1n) is 7.13. The van der Waals surface area contributed by atoms with Crippen LogP contribution < -0.4 is 5.73 Å². The van der Waals surface area contributed by atoms with Crippen LogP contribution in [-0.2, 0) is 6.42 Å². The zero-order chi connectivity index (χ0) is 14.8. The van der Waals surface area contributed by atoms with Crippen molar-refractivity contribution < 1.29 is 8.78 Å². The normalized spacial score (nSPS) is 17.6. The van der Waals surface area contributed by atoms with Crippen LogP contribution in [0.2, 0.25) is 0 Å². The molecule has 0 spiro atoms. The molecule has 0 fully saturated rings. The van der Waals surface area contributed by atoms with Crippen LogP contribution in [0, 0.1) is 11.6 Å². The van der Waals surface area contributed by atoms with E-state index >= 15 is 0 Å². The van der Waals surface area contributed by atoms with E-state index < -0.39 is 0 Å². The number of rotatable bonds is 3. The molecule has 21 heavy (non-hydrogen) atoms. The van der Waals surface area contributed by atoms with Crippen molar-refractivity contribution in [1.82, 2.24) is 0 Å². The minimum atomic E-state index is -0.276. The Morgan fingerprint density at radius 2 is 2.00 bits per heavy atom. The summed E-state index contributed by atoms with van der Waals surface area (Å²) in [5.74, 6) is -0.329. The highest BCUT2D eigenvalue weighted by Crippen LogP contribution is 2.37. The smallest absolute Gasteiger partial charge is 0.128 e. The molecule has 1 atom stereocenters. The average molecular weight is 305 g/mol. The van der Waals surface area contributed by atoms with Gasteiger partial charge in [0.25, 0.3) is 0 Å². The molecule has 0 bridgehead atoms. The Labute approximate surface area is 127 Å². The monoisotopic (exact) mass is 305 g/mol. The fraction of sp³-hybridized carbons (Fsp3) is 0.294. The molecule has 1 nitrogen and oxygen atoms in total. The van der Waals surface area contributed by atoms with Gasteiger partial charge in [0.2, 0.25) is 0 Å². The van der Waals surface area contributed by atoms with Crippen molar-refractivity contribution in [2.24, 2.45) is 5.73 Å². The summed E-state index contributed by atoms with van der Waals surface area (Å²) in [6, 6.07) is 9.93. The van der Waals surface area contributed by atoms with E-state index in [0.717, 1.165) is 40.2 Å². The highest BCUT2D eigenvalue weighted by Gasteiger charge is 2.23. The van der Waals surface area contributed by atoms with E-state index in [1.165, 1.54) is 23.9 Å². The van der Waals surface area contributed by atoms with E-state index in [4.69, 9.17) is 5.73 Å². The van der Waals surface area contributed by atoms with Crippen LogP contribution in [0.1, 0.15) is 29.9 Å². The number of nitrogens with two attached hydrogens (primary N) is 1. The summed E-state index contributed by atoms with van der Waals surface area (Å²) in [6.45, 7) is 0.486. The summed E-state index contributed by atoms with van der Waals surface area (Å²) >= 11 is 1.39. The zero-order valence-electron chi connectivity index (χ0n) is 11.6. The van der Waals surface area contributed by atoms with Crippen LogP contribution in [0.3, 0.4) is 0 Å². The fourth-order valence-corrected chi connectivity index (χ4v) is 3.91. The minimum absolute atomic E-state index is 0.127. The molecule has 0 aliphatic heterocycles. The highest BCUT2D eigenvalue weighted by molar-refractivity contribution is 7.99. The molecule has 1 aliphatic carbocycles. The van der Waals surface area contributed by atoms with Gasteiger partial charge in [-0.2, -0.15) is 0 Å². The van der Waals surface area contributed by atoms with Gasteiger partial charge in [-0.25, -0.2) is 8.78 Å². The molecule has 0 aromatic heterocycles. The Morgan fingerprint density at radius 3 is 2.76 bits per heavy atom. The third-order valence-electron chi connectivity index (χ3n) is 3.91. The first-order valence-corrected chi connectivity index (χ1v) is 7.95. The van der Waals surface area contributed by atoms with Gasteiger partial charge in [0.05, 0.1) is 0 Å². The molecule has 2 N–H and O–H groups in total. The van der Waals surface area contributed by atoms with Crippen molar-refractivity contribution in [2.45, 2.75) is 35.0 Å². The molecule has 4 heteroatoms. The molecule has 0 amide bonds. The van der Waals surface area contributed by atoms with Crippen LogP contribution in [-0.4, -0.2) is 6.54 Å². The maximum Gasteiger partial charge on any atom is 0.128 e. The van der Waals surface area contributed by atoms with E-state index in [1.54, 1.807) is 12.1 Å². The summed E-state index contributed by atoms with van der Waals surface area (Å²) in [5.41, 5.74) is 7.59. The number of benzene rings is 2. The lowest BCUT2D eigenvalue weighted by molar-refractivity contribution is 0.510. The third kappa shape index (κ3) is 3.11. The van der Waals surface area contributed by atoms with Crippen LogP contribution in [0.15, 0.2) is 46.2 Å². The van der Waals surface area contributed by atoms with E-state index in [9.17, 15) is 8.78 Å². The van der Waals surface area contributed by atoms with Crippen molar-refractivity contribution in [3.63, 3.8) is 0 Å². The lowest BCUT2D eigenvalue weighted by atomic mass is 9.82. The Kier molecular flexibility index (Phi) is 4.27. The Balaban J connectivity index is 1.93. The topological polar surface area (TPSA) is 26.0 Å². The van der Waals surface area contributed by atoms with E-state index in [1.807, 2.05) is 12.1 Å². The van der Waals surface area contributed by atoms with Gasteiger partial charge in [-0.3, -0.25) is 0 Å². The van der Waals surface area contributed by atoms with Gasteiger partial charge in [-0.1, -0.05) is 17.8 Å². The molecule has 1 unspecified atom stereocenters. The molecule has 2 aromatic carbocycles. The Hall–Kier alpha value is -1.39. The summed E-state index contributed by atoms with van der Waals surface area (Å²) in [6.07, 6.45) is 2.89. The van der Waals surface area contributed by atoms with E-state index in [-0.39, 0.29) is 17.6 Å². The van der Waals surface area contributed by atoms with Gasteiger partial charge >= 0.3 is 0 Å². The maximum absolute atomic E-state index is 14.4. The predicted molar refractivity (Wildman–Crippen MR) is 81.7 cm³/mol. The number of fused-ring (bicyclic) bond motifs is 1.